The Balaban J connectivity index is 1.66. The van der Waals surface area contributed by atoms with Crippen LogP contribution in [0.2, 0.25) is 0 Å². The van der Waals surface area contributed by atoms with Gasteiger partial charge in [0.2, 0.25) is 5.95 Å². The first-order valence-electron chi connectivity index (χ1n) is 9.87. The van der Waals surface area contributed by atoms with Gasteiger partial charge in [-0.05, 0) is 36.4 Å². The molecule has 1 fully saturated rings. The molecule has 1 aliphatic rings. The van der Waals surface area contributed by atoms with Crippen LogP contribution < -0.4 is 9.64 Å². The van der Waals surface area contributed by atoms with Gasteiger partial charge in [0, 0.05) is 38.3 Å². The van der Waals surface area contributed by atoms with Crippen molar-refractivity contribution in [3.05, 3.63) is 54.1 Å². The van der Waals surface area contributed by atoms with Gasteiger partial charge in [-0.1, -0.05) is 12.1 Å². The molecule has 0 aliphatic carbocycles. The summed E-state index contributed by atoms with van der Waals surface area (Å²) in [5.74, 6) is 1.39. The highest BCUT2D eigenvalue weighted by Gasteiger charge is 2.18. The Morgan fingerprint density at radius 1 is 1.06 bits per heavy atom. The van der Waals surface area contributed by atoms with E-state index >= 15 is 0 Å². The van der Waals surface area contributed by atoms with Crippen LogP contribution >= 0.6 is 0 Å². The summed E-state index contributed by atoms with van der Waals surface area (Å²) in [6.45, 7) is 2.49. The number of morpholine rings is 1. The number of carbonyl (C=O) groups is 1. The predicted octanol–water partition coefficient (Wildman–Crippen LogP) is 2.57. The number of amides is 1. The molecule has 31 heavy (non-hydrogen) atoms. The zero-order valence-corrected chi connectivity index (χ0v) is 17.4. The summed E-state index contributed by atoms with van der Waals surface area (Å²) in [6, 6.07) is 13.6. The number of hydrogen-bond acceptors (Lipinski definition) is 8. The number of phenols is 1. The molecular formula is C22H23N5O4. The van der Waals surface area contributed by atoms with Gasteiger partial charge in [0.25, 0.3) is 5.91 Å². The Morgan fingerprint density at radius 2 is 1.81 bits per heavy atom. The summed E-state index contributed by atoms with van der Waals surface area (Å²) < 4.78 is 11.3. The molecule has 0 atom stereocenters. The second-order valence-electron chi connectivity index (χ2n) is 7.22. The number of anilines is 1. The van der Waals surface area contributed by atoms with E-state index < -0.39 is 0 Å². The first kappa shape index (κ1) is 20.5. The molecule has 4 rings (SSSR count). The van der Waals surface area contributed by atoms with Crippen molar-refractivity contribution in [3.63, 3.8) is 0 Å². The van der Waals surface area contributed by atoms with Crippen molar-refractivity contribution in [2.24, 2.45) is 0 Å². The number of aromatic nitrogens is 3. The van der Waals surface area contributed by atoms with Crippen LogP contribution in [0.25, 0.3) is 11.4 Å². The second kappa shape index (κ2) is 8.97. The average molecular weight is 421 g/mol. The van der Waals surface area contributed by atoms with Crippen LogP contribution in [-0.4, -0.2) is 71.3 Å². The lowest BCUT2D eigenvalue weighted by Crippen LogP contribution is -2.37. The van der Waals surface area contributed by atoms with Gasteiger partial charge < -0.3 is 24.4 Å². The summed E-state index contributed by atoms with van der Waals surface area (Å²) in [5.41, 5.74) is 1.20. The molecule has 0 radical (unpaired) electrons. The van der Waals surface area contributed by atoms with Crippen molar-refractivity contribution in [1.82, 2.24) is 19.9 Å². The number of aromatic hydroxyl groups is 1. The maximum absolute atomic E-state index is 12.1. The predicted molar refractivity (Wildman–Crippen MR) is 114 cm³/mol. The van der Waals surface area contributed by atoms with Crippen LogP contribution in [0.4, 0.5) is 5.95 Å². The van der Waals surface area contributed by atoms with Crippen LogP contribution in [0.5, 0.6) is 17.5 Å². The molecule has 0 bridgehead atoms. The Hall–Kier alpha value is -3.72. The molecule has 9 nitrogen and oxygen atoms in total. The smallest absolute Gasteiger partial charge is 0.327 e. The van der Waals surface area contributed by atoms with E-state index in [1.165, 1.54) is 4.90 Å². The highest BCUT2D eigenvalue weighted by atomic mass is 16.5. The van der Waals surface area contributed by atoms with E-state index in [-0.39, 0.29) is 17.7 Å². The molecule has 0 spiro atoms. The Morgan fingerprint density at radius 3 is 2.48 bits per heavy atom. The van der Waals surface area contributed by atoms with Crippen LogP contribution in [0.1, 0.15) is 10.4 Å². The number of carbonyl (C=O) groups excluding carboxylic acids is 1. The van der Waals surface area contributed by atoms with Crippen LogP contribution in [0.3, 0.4) is 0 Å². The van der Waals surface area contributed by atoms with Gasteiger partial charge in [-0.2, -0.15) is 15.0 Å². The van der Waals surface area contributed by atoms with Gasteiger partial charge in [-0.25, -0.2) is 0 Å². The molecule has 2 aromatic carbocycles. The van der Waals surface area contributed by atoms with E-state index in [9.17, 15) is 9.90 Å². The number of nitrogens with zero attached hydrogens (tertiary/aromatic N) is 5. The number of benzene rings is 2. The average Bonchev–Trinajstić information content (AvgIpc) is 2.79. The minimum absolute atomic E-state index is 0.0903. The fraction of sp³-hybridized carbons (Fsp3) is 0.273. The third kappa shape index (κ3) is 4.89. The summed E-state index contributed by atoms with van der Waals surface area (Å²) in [6.07, 6.45) is 0. The molecule has 9 heteroatoms. The SMILES string of the molecule is CN(C)C(=O)c1ccc(Oc2nc(-c3cccc(O)c3)nc(N3CCOCC3)n2)cc1. The highest BCUT2D eigenvalue weighted by molar-refractivity contribution is 5.93. The Labute approximate surface area is 179 Å². The van der Waals surface area contributed by atoms with Crippen molar-refractivity contribution in [1.29, 1.82) is 0 Å². The standard InChI is InChI=1S/C22H23N5O4/c1-26(2)20(29)15-6-8-18(9-7-15)31-22-24-19(16-4-3-5-17(28)14-16)23-21(25-22)27-10-12-30-13-11-27/h3-9,14,28H,10-13H2,1-2H3. The Bertz CT molecular complexity index is 1070. The fourth-order valence-corrected chi connectivity index (χ4v) is 3.10. The molecule has 1 aromatic heterocycles. The molecule has 3 aromatic rings. The van der Waals surface area contributed by atoms with Crippen molar-refractivity contribution in [2.45, 2.75) is 0 Å². The maximum atomic E-state index is 12.1. The van der Waals surface area contributed by atoms with Gasteiger partial charge in [0.05, 0.1) is 13.2 Å². The number of hydrogen-bond donors (Lipinski definition) is 1. The highest BCUT2D eigenvalue weighted by Crippen LogP contribution is 2.26. The fourth-order valence-electron chi connectivity index (χ4n) is 3.10. The minimum atomic E-state index is -0.0903. The lowest BCUT2D eigenvalue weighted by Gasteiger charge is -2.27. The van der Waals surface area contributed by atoms with E-state index in [2.05, 4.69) is 15.0 Å². The van der Waals surface area contributed by atoms with Crippen molar-refractivity contribution < 1.29 is 19.4 Å². The van der Waals surface area contributed by atoms with E-state index in [1.54, 1.807) is 56.6 Å². The van der Waals surface area contributed by atoms with Gasteiger partial charge in [-0.15, -0.1) is 0 Å². The molecule has 1 aliphatic heterocycles. The van der Waals surface area contributed by atoms with E-state index in [1.807, 2.05) is 11.0 Å². The maximum Gasteiger partial charge on any atom is 0.327 e. The summed E-state index contributed by atoms with van der Waals surface area (Å²) in [7, 11) is 3.40. The zero-order valence-electron chi connectivity index (χ0n) is 17.4. The van der Waals surface area contributed by atoms with Crippen molar-refractivity contribution >= 4 is 11.9 Å². The van der Waals surface area contributed by atoms with Crippen molar-refractivity contribution in [3.8, 4) is 28.9 Å². The molecule has 0 saturated carbocycles. The van der Waals surface area contributed by atoms with E-state index in [0.29, 0.717) is 55.0 Å². The first-order chi connectivity index (χ1) is 15.0. The monoisotopic (exact) mass is 421 g/mol. The van der Waals surface area contributed by atoms with Gasteiger partial charge >= 0.3 is 6.01 Å². The lowest BCUT2D eigenvalue weighted by atomic mass is 10.2. The number of phenolic OH excluding ortho intramolecular Hbond substituents is 1. The van der Waals surface area contributed by atoms with Crippen molar-refractivity contribution in [2.75, 3.05) is 45.3 Å². The third-order valence-electron chi connectivity index (χ3n) is 4.72. The molecule has 0 unspecified atom stereocenters. The van der Waals surface area contributed by atoms with Crippen LogP contribution in [0, 0.1) is 0 Å². The van der Waals surface area contributed by atoms with Gasteiger partial charge in [0.1, 0.15) is 11.5 Å². The summed E-state index contributed by atoms with van der Waals surface area (Å²) in [4.78, 5) is 29.1. The Kier molecular flexibility index (Phi) is 5.94. The topological polar surface area (TPSA) is 101 Å². The number of rotatable bonds is 5. The number of ether oxygens (including phenoxy) is 2. The lowest BCUT2D eigenvalue weighted by molar-refractivity contribution is 0.0827. The normalized spacial score (nSPS) is 13.7. The van der Waals surface area contributed by atoms with Crippen LogP contribution in [-0.2, 0) is 4.74 Å². The largest absolute Gasteiger partial charge is 0.508 e. The third-order valence-corrected chi connectivity index (χ3v) is 4.72. The molecule has 1 saturated heterocycles. The molecular weight excluding hydrogens is 398 g/mol. The van der Waals surface area contributed by atoms with E-state index in [0.717, 1.165) is 0 Å². The minimum Gasteiger partial charge on any atom is -0.508 e. The summed E-state index contributed by atoms with van der Waals surface area (Å²) >= 11 is 0. The van der Waals surface area contributed by atoms with Crippen LogP contribution in [0.15, 0.2) is 48.5 Å². The molecule has 1 N–H and O–H groups in total. The van der Waals surface area contributed by atoms with Gasteiger partial charge in [-0.3, -0.25) is 4.79 Å². The molecule has 160 valence electrons. The van der Waals surface area contributed by atoms with Gasteiger partial charge in [0.15, 0.2) is 5.82 Å². The molecule has 2 heterocycles. The first-order valence-corrected chi connectivity index (χ1v) is 9.87. The van der Waals surface area contributed by atoms with E-state index in [4.69, 9.17) is 9.47 Å². The quantitative estimate of drug-likeness (QED) is 0.671. The second-order valence-corrected chi connectivity index (χ2v) is 7.22. The zero-order chi connectivity index (χ0) is 21.8. The summed E-state index contributed by atoms with van der Waals surface area (Å²) in [5, 5.41) is 9.85. The molecule has 1 amide bonds.